The van der Waals surface area contributed by atoms with E-state index in [1.807, 2.05) is 6.92 Å². The normalized spacial score (nSPS) is 13.0. The molecule has 72 valence electrons. The zero-order valence-corrected chi connectivity index (χ0v) is 8.82. The smallest absolute Gasteiger partial charge is 0.0960 e. The summed E-state index contributed by atoms with van der Waals surface area (Å²) in [5.74, 6) is 0.0265. The molecule has 1 rings (SSSR count). The lowest BCUT2D eigenvalue weighted by molar-refractivity contribution is 0.446. The number of alkyl halides is 1. The minimum absolute atomic E-state index is 0.0265. The highest BCUT2D eigenvalue weighted by Gasteiger charge is 2.09. The van der Waals surface area contributed by atoms with Gasteiger partial charge in [-0.1, -0.05) is 24.6 Å². The highest BCUT2D eigenvalue weighted by molar-refractivity contribution is 5.39. The average Bonchev–Trinajstić information content (AvgIpc) is 2.10. The first-order chi connectivity index (χ1) is 6.06. The number of hydrogen-bond donors (Lipinski definition) is 0. The van der Waals surface area contributed by atoms with E-state index in [-0.39, 0.29) is 12.6 Å². The fourth-order valence-corrected chi connectivity index (χ4v) is 1.67. The summed E-state index contributed by atoms with van der Waals surface area (Å²) in [5, 5.41) is 0. The van der Waals surface area contributed by atoms with Crippen LogP contribution in [0.4, 0.5) is 4.39 Å². The van der Waals surface area contributed by atoms with E-state index in [9.17, 15) is 4.39 Å². The molecule has 0 spiro atoms. The Hall–Kier alpha value is -0.850. The molecule has 0 heterocycles. The third-order valence-electron chi connectivity index (χ3n) is 2.61. The van der Waals surface area contributed by atoms with Gasteiger partial charge in [-0.25, -0.2) is 0 Å². The average molecular weight is 180 g/mol. The highest BCUT2D eigenvalue weighted by atomic mass is 19.1. The zero-order chi connectivity index (χ0) is 10.0. The van der Waals surface area contributed by atoms with Gasteiger partial charge in [-0.15, -0.1) is 0 Å². The van der Waals surface area contributed by atoms with E-state index in [1.165, 1.54) is 16.7 Å². The highest BCUT2D eigenvalue weighted by Crippen LogP contribution is 2.23. The van der Waals surface area contributed by atoms with E-state index >= 15 is 0 Å². The number of rotatable bonds is 2. The second-order valence-electron chi connectivity index (χ2n) is 3.85. The first kappa shape index (κ1) is 10.2. The Labute approximate surface area is 79.8 Å². The van der Waals surface area contributed by atoms with Crippen LogP contribution in [-0.4, -0.2) is 6.67 Å². The molecule has 0 aromatic heterocycles. The molecule has 0 N–H and O–H groups in total. The monoisotopic (exact) mass is 180 g/mol. The molecule has 13 heavy (non-hydrogen) atoms. The Bertz CT molecular complexity index is 302. The van der Waals surface area contributed by atoms with Crippen molar-refractivity contribution < 1.29 is 4.39 Å². The summed E-state index contributed by atoms with van der Waals surface area (Å²) >= 11 is 0. The van der Waals surface area contributed by atoms with Gasteiger partial charge in [0.05, 0.1) is 6.67 Å². The van der Waals surface area contributed by atoms with Gasteiger partial charge in [0.15, 0.2) is 0 Å². The fourth-order valence-electron chi connectivity index (χ4n) is 1.67. The Morgan fingerprint density at radius 2 is 1.85 bits per heavy atom. The van der Waals surface area contributed by atoms with Gasteiger partial charge < -0.3 is 0 Å². The molecule has 1 aromatic rings. The van der Waals surface area contributed by atoms with Crippen molar-refractivity contribution in [1.82, 2.24) is 0 Å². The molecule has 0 bridgehead atoms. The van der Waals surface area contributed by atoms with Crippen LogP contribution >= 0.6 is 0 Å². The molecule has 0 fully saturated rings. The van der Waals surface area contributed by atoms with Crippen LogP contribution < -0.4 is 0 Å². The molecule has 1 unspecified atom stereocenters. The van der Waals surface area contributed by atoms with Gasteiger partial charge in [-0.05, 0) is 37.5 Å². The summed E-state index contributed by atoms with van der Waals surface area (Å²) in [7, 11) is 0. The minimum Gasteiger partial charge on any atom is -0.250 e. The lowest BCUT2D eigenvalue weighted by Gasteiger charge is -2.14. The molecule has 0 radical (unpaired) electrons. The van der Waals surface area contributed by atoms with Gasteiger partial charge in [0.25, 0.3) is 0 Å². The van der Waals surface area contributed by atoms with Crippen molar-refractivity contribution in [3.05, 3.63) is 34.4 Å². The second kappa shape index (κ2) is 3.91. The molecule has 1 aromatic carbocycles. The lowest BCUT2D eigenvalue weighted by atomic mass is 9.92. The van der Waals surface area contributed by atoms with E-state index in [4.69, 9.17) is 0 Å². The molecule has 0 saturated carbocycles. The maximum absolute atomic E-state index is 12.5. The van der Waals surface area contributed by atoms with Gasteiger partial charge in [0.2, 0.25) is 0 Å². The van der Waals surface area contributed by atoms with Crippen LogP contribution in [0.5, 0.6) is 0 Å². The van der Waals surface area contributed by atoms with Crippen LogP contribution in [-0.2, 0) is 0 Å². The molecular formula is C12H17F. The van der Waals surface area contributed by atoms with E-state index in [1.54, 1.807) is 0 Å². The predicted molar refractivity (Wildman–Crippen MR) is 55.0 cm³/mol. The molecule has 0 aliphatic rings. The van der Waals surface area contributed by atoms with Crippen LogP contribution in [0, 0.1) is 20.8 Å². The maximum Gasteiger partial charge on any atom is 0.0960 e. The SMILES string of the molecule is Cc1cc(C)c(C)c(C(C)CF)c1. The molecule has 0 aliphatic heterocycles. The molecule has 1 heteroatoms. The quantitative estimate of drug-likeness (QED) is 0.651. The van der Waals surface area contributed by atoms with Crippen molar-refractivity contribution in [2.24, 2.45) is 0 Å². The van der Waals surface area contributed by atoms with Gasteiger partial charge >= 0.3 is 0 Å². The molecule has 0 amide bonds. The van der Waals surface area contributed by atoms with Crippen LogP contribution in [0.3, 0.4) is 0 Å². The summed E-state index contributed by atoms with van der Waals surface area (Å²) in [4.78, 5) is 0. The summed E-state index contributed by atoms with van der Waals surface area (Å²) in [6, 6.07) is 4.23. The summed E-state index contributed by atoms with van der Waals surface area (Å²) in [6.07, 6.45) is 0. The first-order valence-corrected chi connectivity index (χ1v) is 4.70. The van der Waals surface area contributed by atoms with Gasteiger partial charge in [0, 0.05) is 5.92 Å². The van der Waals surface area contributed by atoms with Crippen molar-refractivity contribution in [2.75, 3.05) is 6.67 Å². The largest absolute Gasteiger partial charge is 0.250 e. The number of halogens is 1. The third-order valence-corrected chi connectivity index (χ3v) is 2.61. The van der Waals surface area contributed by atoms with E-state index < -0.39 is 0 Å². The summed E-state index contributed by atoms with van der Waals surface area (Å²) in [6.45, 7) is 7.86. The van der Waals surface area contributed by atoms with Gasteiger partial charge in [-0.2, -0.15) is 0 Å². The Balaban J connectivity index is 3.20. The van der Waals surface area contributed by atoms with E-state index in [0.717, 1.165) is 5.56 Å². The minimum atomic E-state index is -0.274. The van der Waals surface area contributed by atoms with Crippen LogP contribution in [0.1, 0.15) is 35.1 Å². The van der Waals surface area contributed by atoms with Crippen LogP contribution in [0.25, 0.3) is 0 Å². The number of aryl methyl sites for hydroxylation is 2. The topological polar surface area (TPSA) is 0 Å². The van der Waals surface area contributed by atoms with E-state index in [0.29, 0.717) is 0 Å². The molecular weight excluding hydrogens is 163 g/mol. The van der Waals surface area contributed by atoms with E-state index in [2.05, 4.69) is 32.9 Å². The lowest BCUT2D eigenvalue weighted by Crippen LogP contribution is -2.00. The molecule has 0 saturated heterocycles. The van der Waals surface area contributed by atoms with Gasteiger partial charge in [0.1, 0.15) is 0 Å². The number of benzene rings is 1. The zero-order valence-electron chi connectivity index (χ0n) is 8.82. The van der Waals surface area contributed by atoms with Crippen molar-refractivity contribution >= 4 is 0 Å². The Morgan fingerprint density at radius 1 is 1.23 bits per heavy atom. The van der Waals surface area contributed by atoms with Crippen LogP contribution in [0.15, 0.2) is 12.1 Å². The first-order valence-electron chi connectivity index (χ1n) is 4.70. The third kappa shape index (κ3) is 2.09. The Kier molecular flexibility index (Phi) is 3.07. The standard InChI is InChI=1S/C12H17F/c1-8-5-9(2)11(4)12(6-8)10(3)7-13/h5-6,10H,7H2,1-4H3. The number of hydrogen-bond acceptors (Lipinski definition) is 0. The van der Waals surface area contributed by atoms with Gasteiger partial charge in [-0.3, -0.25) is 4.39 Å². The van der Waals surface area contributed by atoms with Crippen LogP contribution in [0.2, 0.25) is 0 Å². The van der Waals surface area contributed by atoms with Crippen molar-refractivity contribution in [2.45, 2.75) is 33.6 Å². The maximum atomic E-state index is 12.5. The molecule has 0 aliphatic carbocycles. The fraction of sp³-hybridized carbons (Fsp3) is 0.500. The predicted octanol–water partition coefficient (Wildman–Crippen LogP) is 3.68. The summed E-state index contributed by atoms with van der Waals surface area (Å²) < 4.78 is 12.5. The Morgan fingerprint density at radius 3 is 2.38 bits per heavy atom. The molecule has 0 nitrogen and oxygen atoms in total. The summed E-state index contributed by atoms with van der Waals surface area (Å²) in [5.41, 5.74) is 4.87. The second-order valence-corrected chi connectivity index (χ2v) is 3.85. The molecule has 1 atom stereocenters. The van der Waals surface area contributed by atoms with Crippen molar-refractivity contribution in [3.8, 4) is 0 Å². The van der Waals surface area contributed by atoms with Crippen molar-refractivity contribution in [3.63, 3.8) is 0 Å². The van der Waals surface area contributed by atoms with Crippen molar-refractivity contribution in [1.29, 1.82) is 0 Å².